The van der Waals surface area contributed by atoms with Crippen LogP contribution in [0.1, 0.15) is 32.4 Å². The molecule has 1 N–H and O–H groups in total. The number of morpholine rings is 1. The number of nitrogens with zero attached hydrogens (tertiary/aromatic N) is 1. The summed E-state index contributed by atoms with van der Waals surface area (Å²) in [5.41, 5.74) is 1.40. The van der Waals surface area contributed by atoms with Crippen molar-refractivity contribution >= 4 is 0 Å². The van der Waals surface area contributed by atoms with Crippen molar-refractivity contribution < 1.29 is 9.47 Å². The molecule has 1 aliphatic heterocycles. The van der Waals surface area contributed by atoms with E-state index in [9.17, 15) is 0 Å². The van der Waals surface area contributed by atoms with Crippen LogP contribution < -0.4 is 10.1 Å². The van der Waals surface area contributed by atoms with E-state index in [0.717, 1.165) is 38.6 Å². The number of ether oxygens (including phenoxy) is 2. The van der Waals surface area contributed by atoms with Gasteiger partial charge in [-0.05, 0) is 38.1 Å². The van der Waals surface area contributed by atoms with Crippen LogP contribution in [-0.2, 0) is 4.74 Å². The summed E-state index contributed by atoms with van der Waals surface area (Å²) in [4.78, 5) is 2.52. The molecule has 1 unspecified atom stereocenters. The minimum absolute atomic E-state index is 0.0956. The maximum Gasteiger partial charge on any atom is 0.118 e. The van der Waals surface area contributed by atoms with Crippen LogP contribution in [0.15, 0.2) is 24.3 Å². The van der Waals surface area contributed by atoms with Crippen LogP contribution in [0.2, 0.25) is 0 Å². The Labute approximate surface area is 128 Å². The number of hydrogen-bond acceptors (Lipinski definition) is 4. The maximum absolute atomic E-state index is 5.61. The summed E-state index contributed by atoms with van der Waals surface area (Å²) < 4.78 is 10.9. The average Bonchev–Trinajstić information content (AvgIpc) is 2.48. The second-order valence-electron chi connectivity index (χ2n) is 6.19. The summed E-state index contributed by atoms with van der Waals surface area (Å²) in [5.74, 6) is 0.903. The molecule has 0 saturated carbocycles. The van der Waals surface area contributed by atoms with Crippen LogP contribution in [-0.4, -0.2) is 50.4 Å². The van der Waals surface area contributed by atoms with Crippen LogP contribution >= 0.6 is 0 Å². The predicted octanol–water partition coefficient (Wildman–Crippen LogP) is 2.46. The van der Waals surface area contributed by atoms with Gasteiger partial charge in [-0.25, -0.2) is 0 Å². The van der Waals surface area contributed by atoms with Gasteiger partial charge in [-0.15, -0.1) is 0 Å². The van der Waals surface area contributed by atoms with Crippen molar-refractivity contribution in [3.63, 3.8) is 0 Å². The first-order chi connectivity index (χ1) is 10.1. The Morgan fingerprint density at radius 1 is 1.33 bits per heavy atom. The minimum atomic E-state index is 0.0956. The first-order valence-electron chi connectivity index (χ1n) is 7.77. The average molecular weight is 292 g/mol. The molecular formula is C17H28N2O2. The lowest BCUT2D eigenvalue weighted by Crippen LogP contribution is -2.55. The molecule has 0 bridgehead atoms. The lowest BCUT2D eigenvalue weighted by atomic mass is 9.99. The third-order valence-corrected chi connectivity index (χ3v) is 4.19. The second-order valence-corrected chi connectivity index (χ2v) is 6.19. The Morgan fingerprint density at radius 2 is 2.05 bits per heavy atom. The standard InChI is InChI=1S/C17H28N2O2/c1-5-18-16(14-6-8-15(20-4)9-7-14)12-19-10-11-21-13-17(19,2)3/h6-9,16,18H,5,10-13H2,1-4H3. The van der Waals surface area contributed by atoms with Crippen LogP contribution in [0.5, 0.6) is 5.75 Å². The SMILES string of the molecule is CCNC(CN1CCOCC1(C)C)c1ccc(OC)cc1. The molecule has 1 heterocycles. The van der Waals surface area contributed by atoms with Gasteiger partial charge in [0, 0.05) is 24.7 Å². The van der Waals surface area contributed by atoms with Gasteiger partial charge >= 0.3 is 0 Å². The summed E-state index contributed by atoms with van der Waals surface area (Å²) >= 11 is 0. The Morgan fingerprint density at radius 3 is 2.62 bits per heavy atom. The number of rotatable bonds is 6. The van der Waals surface area contributed by atoms with Gasteiger partial charge in [-0.2, -0.15) is 0 Å². The van der Waals surface area contributed by atoms with Crippen LogP contribution in [0, 0.1) is 0 Å². The van der Waals surface area contributed by atoms with Crippen molar-refractivity contribution in [2.45, 2.75) is 32.4 Å². The summed E-state index contributed by atoms with van der Waals surface area (Å²) in [7, 11) is 1.70. The number of likely N-dealkylation sites (N-methyl/N-ethyl adjacent to an activating group) is 1. The van der Waals surface area contributed by atoms with Crippen LogP contribution in [0.25, 0.3) is 0 Å². The van der Waals surface area contributed by atoms with E-state index in [1.54, 1.807) is 7.11 Å². The zero-order valence-electron chi connectivity index (χ0n) is 13.7. The Hall–Kier alpha value is -1.10. The van der Waals surface area contributed by atoms with Gasteiger partial charge in [-0.1, -0.05) is 19.1 Å². The molecule has 0 aromatic heterocycles. The molecule has 21 heavy (non-hydrogen) atoms. The summed E-state index contributed by atoms with van der Waals surface area (Å²) in [6.45, 7) is 11.2. The zero-order valence-corrected chi connectivity index (χ0v) is 13.7. The molecule has 2 rings (SSSR count). The highest BCUT2D eigenvalue weighted by Gasteiger charge is 2.32. The molecule has 1 atom stereocenters. The molecule has 1 fully saturated rings. The van der Waals surface area contributed by atoms with Gasteiger partial charge < -0.3 is 14.8 Å². The van der Waals surface area contributed by atoms with Gasteiger partial charge in [0.2, 0.25) is 0 Å². The Balaban J connectivity index is 2.10. The van der Waals surface area contributed by atoms with E-state index in [1.807, 2.05) is 12.1 Å². The lowest BCUT2D eigenvalue weighted by molar-refractivity contribution is -0.0545. The van der Waals surface area contributed by atoms with Gasteiger partial charge in [0.25, 0.3) is 0 Å². The summed E-state index contributed by atoms with van der Waals surface area (Å²) in [5, 5.41) is 3.60. The summed E-state index contributed by atoms with van der Waals surface area (Å²) in [6.07, 6.45) is 0. The Kier molecular flexibility index (Phi) is 5.62. The highest BCUT2D eigenvalue weighted by molar-refractivity contribution is 5.29. The van der Waals surface area contributed by atoms with Crippen molar-refractivity contribution in [1.29, 1.82) is 0 Å². The van der Waals surface area contributed by atoms with Crippen molar-refractivity contribution in [3.05, 3.63) is 29.8 Å². The first-order valence-corrected chi connectivity index (χ1v) is 7.77. The Bertz CT molecular complexity index is 431. The van der Waals surface area contributed by atoms with E-state index in [-0.39, 0.29) is 5.54 Å². The van der Waals surface area contributed by atoms with E-state index < -0.39 is 0 Å². The molecule has 0 aliphatic carbocycles. The van der Waals surface area contributed by atoms with E-state index in [0.29, 0.717) is 6.04 Å². The van der Waals surface area contributed by atoms with E-state index in [2.05, 4.69) is 43.1 Å². The fourth-order valence-corrected chi connectivity index (χ4v) is 2.82. The van der Waals surface area contributed by atoms with Gasteiger partial charge in [0.15, 0.2) is 0 Å². The molecule has 0 radical (unpaired) electrons. The van der Waals surface area contributed by atoms with Crippen LogP contribution in [0.3, 0.4) is 0 Å². The predicted molar refractivity (Wildman–Crippen MR) is 85.9 cm³/mol. The molecule has 4 heteroatoms. The molecule has 1 aromatic rings. The van der Waals surface area contributed by atoms with Crippen molar-refractivity contribution in [2.75, 3.05) is 40.0 Å². The van der Waals surface area contributed by atoms with Crippen molar-refractivity contribution in [2.24, 2.45) is 0 Å². The number of benzene rings is 1. The minimum Gasteiger partial charge on any atom is -0.497 e. The van der Waals surface area contributed by atoms with Gasteiger partial charge in [-0.3, -0.25) is 4.90 Å². The quantitative estimate of drug-likeness (QED) is 0.873. The fraction of sp³-hybridized carbons (Fsp3) is 0.647. The fourth-order valence-electron chi connectivity index (χ4n) is 2.82. The van der Waals surface area contributed by atoms with E-state index in [4.69, 9.17) is 9.47 Å². The first kappa shape index (κ1) is 16.3. The molecular weight excluding hydrogens is 264 g/mol. The second kappa shape index (κ2) is 7.25. The number of nitrogens with one attached hydrogen (secondary N) is 1. The zero-order chi connectivity index (χ0) is 15.3. The maximum atomic E-state index is 5.61. The molecule has 0 amide bonds. The number of hydrogen-bond donors (Lipinski definition) is 1. The topological polar surface area (TPSA) is 33.7 Å². The molecule has 4 nitrogen and oxygen atoms in total. The molecule has 0 spiro atoms. The summed E-state index contributed by atoms with van der Waals surface area (Å²) in [6, 6.07) is 8.70. The van der Waals surface area contributed by atoms with Crippen molar-refractivity contribution in [1.82, 2.24) is 10.2 Å². The molecule has 118 valence electrons. The largest absolute Gasteiger partial charge is 0.497 e. The van der Waals surface area contributed by atoms with Gasteiger partial charge in [0.1, 0.15) is 5.75 Å². The van der Waals surface area contributed by atoms with E-state index in [1.165, 1.54) is 5.56 Å². The highest BCUT2D eigenvalue weighted by Crippen LogP contribution is 2.24. The van der Waals surface area contributed by atoms with E-state index >= 15 is 0 Å². The smallest absolute Gasteiger partial charge is 0.118 e. The molecule has 1 aromatic carbocycles. The normalized spacial score (nSPS) is 20.2. The molecule has 1 aliphatic rings. The third kappa shape index (κ3) is 4.19. The lowest BCUT2D eigenvalue weighted by Gasteiger charge is -2.43. The number of methoxy groups -OCH3 is 1. The molecule has 1 saturated heterocycles. The van der Waals surface area contributed by atoms with Crippen LogP contribution in [0.4, 0.5) is 0 Å². The van der Waals surface area contributed by atoms with Gasteiger partial charge in [0.05, 0.1) is 20.3 Å². The third-order valence-electron chi connectivity index (χ3n) is 4.19. The van der Waals surface area contributed by atoms with Crippen molar-refractivity contribution in [3.8, 4) is 5.75 Å². The highest BCUT2D eigenvalue weighted by atomic mass is 16.5. The monoisotopic (exact) mass is 292 g/mol.